The van der Waals surface area contributed by atoms with E-state index in [-0.39, 0.29) is 0 Å². The molecule has 0 spiro atoms. The molecule has 1 atom stereocenters. The van der Waals surface area contributed by atoms with E-state index < -0.39 is 0 Å². The molecule has 1 heterocycles. The smallest absolute Gasteiger partial charge is 0.120 e. The largest absolute Gasteiger partial charge is 0.497 e. The predicted octanol–water partition coefficient (Wildman–Crippen LogP) is 3.41. The fourth-order valence-corrected chi connectivity index (χ4v) is 3.49. The van der Waals surface area contributed by atoms with Gasteiger partial charge >= 0.3 is 0 Å². The maximum atomic E-state index is 6.05. The van der Waals surface area contributed by atoms with Crippen molar-refractivity contribution in [3.8, 4) is 5.75 Å². The monoisotopic (exact) mass is 258 g/mol. The zero-order valence-corrected chi connectivity index (χ0v) is 11.5. The molecule has 2 aromatic rings. The molecule has 3 nitrogen and oxygen atoms in total. The number of rotatable bonds is 4. The second-order valence-electron chi connectivity index (χ2n) is 5.54. The minimum Gasteiger partial charge on any atom is -0.497 e. The number of fused-ring (bicyclic) bond motifs is 1. The number of benzene rings is 1. The van der Waals surface area contributed by atoms with E-state index in [0.29, 0.717) is 5.92 Å². The zero-order valence-electron chi connectivity index (χ0n) is 11.5. The van der Waals surface area contributed by atoms with E-state index in [4.69, 9.17) is 10.5 Å². The summed E-state index contributed by atoms with van der Waals surface area (Å²) in [4.78, 5) is 3.37. The summed E-state index contributed by atoms with van der Waals surface area (Å²) in [5, 5.41) is 1.29. The molecule has 0 aliphatic heterocycles. The van der Waals surface area contributed by atoms with E-state index in [1.807, 2.05) is 6.07 Å². The second-order valence-corrected chi connectivity index (χ2v) is 5.54. The molecule has 0 radical (unpaired) electrons. The molecule has 3 rings (SSSR count). The first-order chi connectivity index (χ1) is 9.33. The first-order valence-corrected chi connectivity index (χ1v) is 7.18. The molecule has 19 heavy (non-hydrogen) atoms. The van der Waals surface area contributed by atoms with Crippen LogP contribution in [0.2, 0.25) is 0 Å². The molecule has 0 bridgehead atoms. The summed E-state index contributed by atoms with van der Waals surface area (Å²) in [5.41, 5.74) is 8.58. The van der Waals surface area contributed by atoms with Crippen molar-refractivity contribution in [1.82, 2.24) is 4.98 Å². The van der Waals surface area contributed by atoms with Crippen molar-refractivity contribution in [3.63, 3.8) is 0 Å². The van der Waals surface area contributed by atoms with E-state index in [2.05, 4.69) is 23.3 Å². The Morgan fingerprint density at radius 3 is 2.84 bits per heavy atom. The summed E-state index contributed by atoms with van der Waals surface area (Å²) in [6, 6.07) is 6.24. The number of hydrogen-bond acceptors (Lipinski definition) is 2. The van der Waals surface area contributed by atoms with Gasteiger partial charge in [-0.1, -0.05) is 12.8 Å². The van der Waals surface area contributed by atoms with Gasteiger partial charge in [-0.2, -0.15) is 0 Å². The number of aromatic nitrogens is 1. The van der Waals surface area contributed by atoms with Crippen molar-refractivity contribution in [2.75, 3.05) is 13.7 Å². The van der Waals surface area contributed by atoms with Crippen molar-refractivity contribution >= 4 is 10.9 Å². The Morgan fingerprint density at radius 1 is 1.37 bits per heavy atom. The maximum absolute atomic E-state index is 6.05. The Balaban J connectivity index is 1.98. The molecule has 1 saturated carbocycles. The fraction of sp³-hybridized carbons (Fsp3) is 0.500. The number of methoxy groups -OCH3 is 1. The Morgan fingerprint density at radius 2 is 2.16 bits per heavy atom. The van der Waals surface area contributed by atoms with Crippen molar-refractivity contribution < 1.29 is 4.74 Å². The molecular weight excluding hydrogens is 236 g/mol. The van der Waals surface area contributed by atoms with Crippen molar-refractivity contribution in [1.29, 1.82) is 0 Å². The molecule has 102 valence electrons. The number of nitrogens with two attached hydrogens (primary N) is 1. The van der Waals surface area contributed by atoms with Crippen LogP contribution in [0.15, 0.2) is 24.4 Å². The Labute approximate surface area is 114 Å². The van der Waals surface area contributed by atoms with Gasteiger partial charge in [0.1, 0.15) is 5.75 Å². The molecule has 1 aliphatic carbocycles. The average molecular weight is 258 g/mol. The van der Waals surface area contributed by atoms with E-state index in [0.717, 1.165) is 23.7 Å². The molecule has 1 aromatic heterocycles. The highest BCUT2D eigenvalue weighted by Gasteiger charge is 2.27. The molecule has 3 N–H and O–H groups in total. The second kappa shape index (κ2) is 5.25. The summed E-state index contributed by atoms with van der Waals surface area (Å²) in [6.45, 7) is 0.740. The van der Waals surface area contributed by atoms with Crippen molar-refractivity contribution in [2.24, 2.45) is 11.7 Å². The molecule has 1 fully saturated rings. The number of H-pyrrole nitrogens is 1. The SMILES string of the molecule is COc1ccc2c(C(CN)C3CCCC3)c[nH]c2c1. The Kier molecular flexibility index (Phi) is 3.47. The third kappa shape index (κ3) is 2.23. The predicted molar refractivity (Wildman–Crippen MR) is 78.6 cm³/mol. The van der Waals surface area contributed by atoms with E-state index in [1.54, 1.807) is 7.11 Å². The highest BCUT2D eigenvalue weighted by Crippen LogP contribution is 2.39. The van der Waals surface area contributed by atoms with Gasteiger partial charge < -0.3 is 15.5 Å². The molecule has 1 unspecified atom stereocenters. The lowest BCUT2D eigenvalue weighted by Gasteiger charge is -2.21. The molecule has 3 heteroatoms. The van der Waals surface area contributed by atoms with Crippen molar-refractivity contribution in [3.05, 3.63) is 30.0 Å². The van der Waals surface area contributed by atoms with Crippen molar-refractivity contribution in [2.45, 2.75) is 31.6 Å². The maximum Gasteiger partial charge on any atom is 0.120 e. The van der Waals surface area contributed by atoms with Gasteiger partial charge in [0.05, 0.1) is 7.11 Å². The summed E-state index contributed by atoms with van der Waals surface area (Å²) in [7, 11) is 1.70. The van der Waals surface area contributed by atoms with Crippen LogP contribution in [-0.4, -0.2) is 18.6 Å². The van der Waals surface area contributed by atoms with Crippen LogP contribution in [0.5, 0.6) is 5.75 Å². The first-order valence-electron chi connectivity index (χ1n) is 7.18. The summed E-state index contributed by atoms with van der Waals surface area (Å²) in [5.74, 6) is 2.14. The lowest BCUT2D eigenvalue weighted by molar-refractivity contribution is 0.415. The van der Waals surface area contributed by atoms with Gasteiger partial charge in [0.15, 0.2) is 0 Å². The zero-order chi connectivity index (χ0) is 13.2. The van der Waals surface area contributed by atoms with Crippen LogP contribution in [0.25, 0.3) is 10.9 Å². The normalized spacial score (nSPS) is 18.0. The van der Waals surface area contributed by atoms with Gasteiger partial charge in [-0.05, 0) is 43.0 Å². The molecule has 0 amide bonds. The van der Waals surface area contributed by atoms with Gasteiger partial charge in [-0.15, -0.1) is 0 Å². The van der Waals surface area contributed by atoms with E-state index >= 15 is 0 Å². The quantitative estimate of drug-likeness (QED) is 0.883. The van der Waals surface area contributed by atoms with Gasteiger partial charge in [0, 0.05) is 29.1 Å². The first kappa shape index (κ1) is 12.5. The summed E-state index contributed by atoms with van der Waals surface area (Å²) < 4.78 is 5.27. The Bertz CT molecular complexity index is 555. The fourth-order valence-electron chi connectivity index (χ4n) is 3.49. The number of hydrogen-bond donors (Lipinski definition) is 2. The number of nitrogens with one attached hydrogen (secondary N) is 1. The van der Waals surface area contributed by atoms with Crippen LogP contribution in [-0.2, 0) is 0 Å². The molecular formula is C16H22N2O. The standard InChI is InChI=1S/C16H22N2O/c1-19-12-6-7-13-15(10-18-16(13)8-12)14(9-17)11-4-2-3-5-11/h6-8,10-11,14,18H,2-5,9,17H2,1H3. The van der Waals surface area contributed by atoms with Gasteiger partial charge in [0.25, 0.3) is 0 Å². The van der Waals surface area contributed by atoms with Crippen LogP contribution in [0.1, 0.15) is 37.2 Å². The number of aromatic amines is 1. The summed E-state index contributed by atoms with van der Waals surface area (Å²) in [6.07, 6.45) is 7.50. The highest BCUT2D eigenvalue weighted by atomic mass is 16.5. The molecule has 1 aromatic carbocycles. The third-order valence-corrected chi connectivity index (χ3v) is 4.54. The van der Waals surface area contributed by atoms with Gasteiger partial charge in [-0.3, -0.25) is 0 Å². The molecule has 0 saturated heterocycles. The van der Waals surface area contributed by atoms with Gasteiger partial charge in [-0.25, -0.2) is 0 Å². The summed E-state index contributed by atoms with van der Waals surface area (Å²) >= 11 is 0. The van der Waals surface area contributed by atoms with E-state index in [1.165, 1.54) is 36.6 Å². The highest BCUT2D eigenvalue weighted by molar-refractivity contribution is 5.85. The Hall–Kier alpha value is -1.48. The number of ether oxygens (including phenoxy) is 1. The topological polar surface area (TPSA) is 51.0 Å². The molecule has 1 aliphatic rings. The minimum absolute atomic E-state index is 0.490. The lowest BCUT2D eigenvalue weighted by atomic mass is 9.85. The van der Waals surface area contributed by atoms with Crippen LogP contribution in [0.4, 0.5) is 0 Å². The van der Waals surface area contributed by atoms with Crippen LogP contribution < -0.4 is 10.5 Å². The van der Waals surface area contributed by atoms with Crippen LogP contribution in [0.3, 0.4) is 0 Å². The third-order valence-electron chi connectivity index (χ3n) is 4.54. The van der Waals surface area contributed by atoms with Crippen LogP contribution in [0, 0.1) is 5.92 Å². The average Bonchev–Trinajstić information content (AvgIpc) is 3.09. The van der Waals surface area contributed by atoms with E-state index in [9.17, 15) is 0 Å². The lowest BCUT2D eigenvalue weighted by Crippen LogP contribution is -2.19. The van der Waals surface area contributed by atoms with Crippen LogP contribution >= 0.6 is 0 Å². The minimum atomic E-state index is 0.490. The van der Waals surface area contributed by atoms with Gasteiger partial charge in [0.2, 0.25) is 0 Å².